The summed E-state index contributed by atoms with van der Waals surface area (Å²) in [5, 5.41) is 16.2. The fraction of sp³-hybridized carbons (Fsp3) is 0.581. The Kier molecular flexibility index (Phi) is 9.64. The summed E-state index contributed by atoms with van der Waals surface area (Å²) >= 11 is 1.58. The molecule has 41 heavy (non-hydrogen) atoms. The molecule has 2 aliphatic rings. The van der Waals surface area contributed by atoms with Crippen molar-refractivity contribution < 1.29 is 24.3 Å². The Balaban J connectivity index is 1.41. The normalized spacial score (nSPS) is 20.2. The molecule has 4 rings (SSSR count). The van der Waals surface area contributed by atoms with Crippen LogP contribution in [0.5, 0.6) is 0 Å². The second-order valence-corrected chi connectivity index (χ2v) is 13.2. The molecule has 1 aliphatic carbocycles. The van der Waals surface area contributed by atoms with Gasteiger partial charge in [-0.25, -0.2) is 4.98 Å². The van der Waals surface area contributed by atoms with E-state index >= 15 is 0 Å². The molecule has 1 aromatic carbocycles. The Morgan fingerprint density at radius 3 is 2.34 bits per heavy atom. The van der Waals surface area contributed by atoms with E-state index in [4.69, 9.17) is 0 Å². The number of aliphatic hydroxyl groups excluding tert-OH is 1. The lowest BCUT2D eigenvalue weighted by Crippen LogP contribution is -2.55. The Morgan fingerprint density at radius 1 is 1.10 bits per heavy atom. The van der Waals surface area contributed by atoms with E-state index in [-0.39, 0.29) is 43.0 Å². The van der Waals surface area contributed by atoms with E-state index in [0.29, 0.717) is 25.7 Å². The van der Waals surface area contributed by atoms with Gasteiger partial charge in [-0.2, -0.15) is 0 Å². The minimum absolute atomic E-state index is 0.0156. The van der Waals surface area contributed by atoms with E-state index in [1.54, 1.807) is 11.3 Å². The standard InChI is InChI=1S/C31H42N4O5S/c1-18(2)12-24(34-30(40)31(10-11-31)26(37)13-19(3)4)29(39)35-16-23(36)14-25(35)28(38)32-15-21-6-8-22(9-7-21)27-20(5)33-17-41-27/h6-9,17-19,23-25,36H,10-16H2,1-5H3,(H,32,38)(H,34,40). The number of amides is 3. The third-order valence-corrected chi connectivity index (χ3v) is 8.89. The third-order valence-electron chi connectivity index (χ3n) is 7.92. The number of nitrogens with zero attached hydrogens (tertiary/aromatic N) is 2. The molecule has 10 heteroatoms. The summed E-state index contributed by atoms with van der Waals surface area (Å²) in [6.45, 7) is 10.1. The van der Waals surface area contributed by atoms with E-state index in [9.17, 15) is 24.3 Å². The Hall–Kier alpha value is -3.11. The summed E-state index contributed by atoms with van der Waals surface area (Å²) in [6, 6.07) is 6.16. The summed E-state index contributed by atoms with van der Waals surface area (Å²) in [5.41, 5.74) is 3.71. The van der Waals surface area contributed by atoms with Gasteiger partial charge in [-0.05, 0) is 49.1 Å². The molecule has 0 bridgehead atoms. The molecule has 1 saturated carbocycles. The molecule has 0 radical (unpaired) electrons. The van der Waals surface area contributed by atoms with Gasteiger partial charge in [-0.15, -0.1) is 11.3 Å². The first-order valence-electron chi connectivity index (χ1n) is 14.5. The first-order valence-corrected chi connectivity index (χ1v) is 15.4. The number of ketones is 1. The van der Waals surface area contributed by atoms with Crippen LogP contribution in [0.1, 0.15) is 71.1 Å². The zero-order chi connectivity index (χ0) is 29.9. The van der Waals surface area contributed by atoms with Crippen molar-refractivity contribution in [2.24, 2.45) is 17.3 Å². The lowest BCUT2D eigenvalue weighted by atomic mass is 9.92. The van der Waals surface area contributed by atoms with Gasteiger partial charge in [0.15, 0.2) is 0 Å². The molecule has 3 unspecified atom stereocenters. The summed E-state index contributed by atoms with van der Waals surface area (Å²) in [4.78, 5) is 59.9. The molecule has 3 amide bonds. The predicted molar refractivity (Wildman–Crippen MR) is 158 cm³/mol. The number of benzene rings is 1. The number of likely N-dealkylation sites (tertiary alicyclic amines) is 1. The van der Waals surface area contributed by atoms with Crippen molar-refractivity contribution in [3.63, 3.8) is 0 Å². The number of β-amino-alcohol motifs (C(OH)–C–C–N with tert-alkyl or cyclic N) is 1. The van der Waals surface area contributed by atoms with Gasteiger partial charge in [-0.3, -0.25) is 19.2 Å². The number of aromatic nitrogens is 1. The minimum Gasteiger partial charge on any atom is -0.391 e. The summed E-state index contributed by atoms with van der Waals surface area (Å²) in [6.07, 6.45) is 0.960. The van der Waals surface area contributed by atoms with Crippen LogP contribution >= 0.6 is 11.3 Å². The molecular formula is C31H42N4O5S. The Bertz CT molecular complexity index is 1270. The Morgan fingerprint density at radius 2 is 1.78 bits per heavy atom. The van der Waals surface area contributed by atoms with E-state index in [0.717, 1.165) is 21.7 Å². The molecule has 1 aromatic heterocycles. The summed E-state index contributed by atoms with van der Waals surface area (Å²) in [5.74, 6) is -1.00. The van der Waals surface area contributed by atoms with Crippen molar-refractivity contribution in [3.8, 4) is 10.4 Å². The van der Waals surface area contributed by atoms with Gasteiger partial charge in [0.05, 0.1) is 22.2 Å². The van der Waals surface area contributed by atoms with E-state index < -0.39 is 35.4 Å². The van der Waals surface area contributed by atoms with Crippen molar-refractivity contribution in [1.29, 1.82) is 0 Å². The smallest absolute Gasteiger partial charge is 0.245 e. The molecule has 2 fully saturated rings. The highest BCUT2D eigenvalue weighted by Gasteiger charge is 2.56. The zero-order valence-corrected chi connectivity index (χ0v) is 25.4. The van der Waals surface area contributed by atoms with Crippen LogP contribution in [-0.4, -0.2) is 63.2 Å². The van der Waals surface area contributed by atoms with E-state index in [1.165, 1.54) is 4.90 Å². The van der Waals surface area contributed by atoms with Crippen LogP contribution in [0.25, 0.3) is 10.4 Å². The highest BCUT2D eigenvalue weighted by atomic mass is 32.1. The van der Waals surface area contributed by atoms with Crippen LogP contribution in [0.4, 0.5) is 0 Å². The molecular weight excluding hydrogens is 540 g/mol. The Labute approximate surface area is 246 Å². The van der Waals surface area contributed by atoms with Gasteiger partial charge in [-0.1, -0.05) is 52.0 Å². The maximum Gasteiger partial charge on any atom is 0.245 e. The fourth-order valence-corrected chi connectivity index (χ4v) is 6.29. The second kappa shape index (κ2) is 12.8. The molecule has 9 nitrogen and oxygen atoms in total. The number of hydrogen-bond acceptors (Lipinski definition) is 7. The van der Waals surface area contributed by atoms with E-state index in [2.05, 4.69) is 15.6 Å². The van der Waals surface area contributed by atoms with Crippen LogP contribution in [-0.2, 0) is 25.7 Å². The SMILES string of the molecule is Cc1ncsc1-c1ccc(CNC(=O)C2CC(O)CN2C(=O)C(CC(C)C)NC(=O)C2(C(=O)CC(C)C)CC2)cc1. The number of rotatable bonds is 12. The summed E-state index contributed by atoms with van der Waals surface area (Å²) < 4.78 is 0. The maximum absolute atomic E-state index is 13.8. The molecule has 1 aliphatic heterocycles. The second-order valence-electron chi connectivity index (χ2n) is 12.3. The summed E-state index contributed by atoms with van der Waals surface area (Å²) in [7, 11) is 0. The number of aryl methyl sites for hydroxylation is 1. The van der Waals surface area contributed by atoms with Crippen LogP contribution in [0.15, 0.2) is 29.8 Å². The largest absolute Gasteiger partial charge is 0.391 e. The molecule has 2 aromatic rings. The molecule has 222 valence electrons. The molecule has 3 atom stereocenters. The average Bonchev–Trinajstić information content (AvgIpc) is 3.49. The molecule has 3 N–H and O–H groups in total. The predicted octanol–water partition coefficient (Wildman–Crippen LogP) is 3.62. The van der Waals surface area contributed by atoms with Crippen molar-refractivity contribution in [2.75, 3.05) is 6.54 Å². The number of nitrogens with one attached hydrogen (secondary N) is 2. The van der Waals surface area contributed by atoms with Gasteiger partial charge in [0.25, 0.3) is 0 Å². The first-order chi connectivity index (χ1) is 19.4. The molecule has 2 heterocycles. The highest BCUT2D eigenvalue weighted by molar-refractivity contribution is 7.13. The quantitative estimate of drug-likeness (QED) is 0.328. The fourth-order valence-electron chi connectivity index (χ4n) is 5.48. The van der Waals surface area contributed by atoms with Gasteiger partial charge >= 0.3 is 0 Å². The maximum atomic E-state index is 13.8. The number of hydrogen-bond donors (Lipinski definition) is 3. The lowest BCUT2D eigenvalue weighted by Gasteiger charge is -2.30. The van der Waals surface area contributed by atoms with Gasteiger partial charge in [0.1, 0.15) is 23.3 Å². The molecule has 1 saturated heterocycles. The molecule has 0 spiro atoms. The number of Topliss-reactive ketones (excluding diaryl/α,β-unsaturated/α-hetero) is 1. The number of carbonyl (C=O) groups is 4. The van der Waals surface area contributed by atoms with Crippen LogP contribution in [0.3, 0.4) is 0 Å². The lowest BCUT2D eigenvalue weighted by molar-refractivity contribution is -0.144. The third kappa shape index (κ3) is 7.22. The number of thiazole rings is 1. The van der Waals surface area contributed by atoms with Crippen LogP contribution in [0.2, 0.25) is 0 Å². The van der Waals surface area contributed by atoms with E-state index in [1.807, 2.05) is 64.4 Å². The number of carbonyl (C=O) groups excluding carboxylic acids is 4. The topological polar surface area (TPSA) is 129 Å². The minimum atomic E-state index is -1.05. The highest BCUT2D eigenvalue weighted by Crippen LogP contribution is 2.48. The van der Waals surface area contributed by atoms with Crippen LogP contribution in [0, 0.1) is 24.2 Å². The first kappa shape index (κ1) is 30.8. The van der Waals surface area contributed by atoms with Crippen molar-refractivity contribution in [2.45, 2.75) is 91.5 Å². The van der Waals surface area contributed by atoms with Gasteiger partial charge in [0, 0.05) is 25.9 Å². The van der Waals surface area contributed by atoms with Crippen LogP contribution < -0.4 is 10.6 Å². The average molecular weight is 583 g/mol. The number of aliphatic hydroxyl groups is 1. The van der Waals surface area contributed by atoms with Gasteiger partial charge < -0.3 is 20.6 Å². The van der Waals surface area contributed by atoms with Gasteiger partial charge in [0.2, 0.25) is 17.7 Å². The van der Waals surface area contributed by atoms with Crippen molar-refractivity contribution in [1.82, 2.24) is 20.5 Å². The van der Waals surface area contributed by atoms with Crippen molar-refractivity contribution >= 4 is 34.8 Å². The zero-order valence-electron chi connectivity index (χ0n) is 24.6. The monoisotopic (exact) mass is 582 g/mol. The van der Waals surface area contributed by atoms with Crippen molar-refractivity contribution in [3.05, 3.63) is 41.0 Å².